The van der Waals surface area contributed by atoms with Crippen LogP contribution in [0.25, 0.3) is 0 Å². The van der Waals surface area contributed by atoms with Gasteiger partial charge in [0.1, 0.15) is 31.6 Å². The van der Waals surface area contributed by atoms with Crippen LogP contribution in [-0.4, -0.2) is 195 Å². The average molecular weight is 1190 g/mol. The van der Waals surface area contributed by atoms with E-state index in [0.29, 0.717) is 36.9 Å². The summed E-state index contributed by atoms with van der Waals surface area (Å²) >= 11 is 0. The van der Waals surface area contributed by atoms with Gasteiger partial charge >= 0.3 is 12.2 Å². The zero-order valence-electron chi connectivity index (χ0n) is 51.1. The molecule has 0 aromatic heterocycles. The van der Waals surface area contributed by atoms with Crippen LogP contribution in [0.2, 0.25) is 0 Å². The van der Waals surface area contributed by atoms with E-state index >= 15 is 0 Å². The number of nitrogens with zero attached hydrogens (tertiary/aromatic N) is 4. The van der Waals surface area contributed by atoms with Gasteiger partial charge in [-0.15, -0.1) is 0 Å². The van der Waals surface area contributed by atoms with Crippen LogP contribution in [-0.2, 0) is 63.8 Å². The second-order valence-electron chi connectivity index (χ2n) is 22.5. The summed E-state index contributed by atoms with van der Waals surface area (Å²) in [5, 5.41) is 22.0. The minimum atomic E-state index is -1.14. The van der Waals surface area contributed by atoms with Crippen molar-refractivity contribution >= 4 is 59.2 Å². The summed E-state index contributed by atoms with van der Waals surface area (Å²) in [6.45, 7) is 14.5. The highest BCUT2D eigenvalue weighted by Gasteiger charge is 2.44. The first-order chi connectivity index (χ1) is 40.4. The molecule has 2 aromatic rings. The van der Waals surface area contributed by atoms with E-state index in [1.807, 2.05) is 32.0 Å². The number of ether oxygens (including phenoxy) is 6. The predicted octanol–water partition coefficient (Wildman–Crippen LogP) is 4.71. The van der Waals surface area contributed by atoms with Gasteiger partial charge < -0.3 is 59.3 Å². The molecule has 85 heavy (non-hydrogen) atoms. The molecule has 3 aliphatic rings. The minimum Gasteiger partial charge on any atom is -0.445 e. The standard InChI is InChI=1S/C61H88N8O16/c1-13-38(6)53(47(80-11)32-50(72)68-28-17-22-46(68)55(81-12)39(7)56(74)63-40(8)54(73)42-19-15-14-16-20-42)66(9)59(77)51(36(2)3)65-58(76)52(37(4)5)67(10)61(79)84-33-41-23-24-45(64-60(78)85-43-21-18-30-82-35-83-34-43)44(31-41)57(75)62-27-29-69-48(70)25-26-49(69)71/h14-16,18-21,23-26,31,36-40,43,46-47,51-55,73H,13,17,22,27-30,32-35H2,1-12H3,(H,62,75)(H,63,74)(H,64,78)(H,65,76)/b21-18+/t38-,39+,40+,43?,46-,47+,51+,52-,53-,54+,55+/m0/s1. The number of imide groups is 1. The van der Waals surface area contributed by atoms with Crippen LogP contribution in [0.4, 0.5) is 15.3 Å². The number of nitrogens with one attached hydrogen (secondary N) is 4. The smallest absolute Gasteiger partial charge is 0.412 e. The van der Waals surface area contributed by atoms with E-state index in [2.05, 4.69) is 21.3 Å². The highest BCUT2D eigenvalue weighted by atomic mass is 16.7. The molecule has 0 bridgehead atoms. The third-order valence-electron chi connectivity index (χ3n) is 15.8. The number of likely N-dealkylation sites (tertiary alicyclic amines) is 1. The van der Waals surface area contributed by atoms with E-state index < -0.39 is 121 Å². The normalized spacial score (nSPS) is 19.7. The topological polar surface area (TPSA) is 290 Å². The van der Waals surface area contributed by atoms with E-state index in [9.17, 15) is 48.3 Å². The van der Waals surface area contributed by atoms with Gasteiger partial charge in [-0.1, -0.05) is 97.4 Å². The van der Waals surface area contributed by atoms with Crippen LogP contribution in [0.5, 0.6) is 0 Å². The van der Waals surface area contributed by atoms with Crippen LogP contribution in [0, 0.1) is 23.7 Å². The molecule has 1 saturated heterocycles. The summed E-state index contributed by atoms with van der Waals surface area (Å²) in [7, 11) is 6.02. The van der Waals surface area contributed by atoms with Gasteiger partial charge in [-0.2, -0.15) is 0 Å². The number of methoxy groups -OCH3 is 2. The van der Waals surface area contributed by atoms with E-state index in [-0.39, 0.29) is 68.5 Å². The number of carbonyl (C=O) groups is 9. The molecule has 0 aliphatic carbocycles. The summed E-state index contributed by atoms with van der Waals surface area (Å²) in [5.74, 6) is -5.21. The Hall–Kier alpha value is -7.25. The highest BCUT2D eigenvalue weighted by molar-refractivity contribution is 6.13. The van der Waals surface area contributed by atoms with Crippen molar-refractivity contribution in [3.8, 4) is 0 Å². The van der Waals surface area contributed by atoms with Crippen molar-refractivity contribution in [3.05, 3.63) is 89.5 Å². The van der Waals surface area contributed by atoms with Crippen molar-refractivity contribution in [1.29, 1.82) is 0 Å². The van der Waals surface area contributed by atoms with E-state index in [4.69, 9.17) is 28.4 Å². The van der Waals surface area contributed by atoms with Gasteiger partial charge in [0.15, 0.2) is 0 Å². The van der Waals surface area contributed by atoms with Gasteiger partial charge in [-0.3, -0.25) is 48.7 Å². The molecule has 2 aromatic carbocycles. The summed E-state index contributed by atoms with van der Waals surface area (Å²) < 4.78 is 33.8. The van der Waals surface area contributed by atoms with Crippen LogP contribution in [0.15, 0.2) is 72.8 Å². The lowest BCUT2D eigenvalue weighted by atomic mass is 9.89. The van der Waals surface area contributed by atoms with Crippen molar-refractivity contribution in [2.45, 2.75) is 142 Å². The molecular weight excluding hydrogens is 1100 g/mol. The molecule has 24 heteroatoms. The van der Waals surface area contributed by atoms with Crippen LogP contribution < -0.4 is 21.3 Å². The maximum atomic E-state index is 14.8. The number of aliphatic hydroxyl groups excluding tert-OH is 1. The second kappa shape index (κ2) is 32.9. The molecule has 468 valence electrons. The second-order valence-corrected chi connectivity index (χ2v) is 22.5. The van der Waals surface area contributed by atoms with Gasteiger partial charge in [0.05, 0.1) is 73.2 Å². The third-order valence-corrected chi connectivity index (χ3v) is 15.8. The number of anilines is 1. The number of aliphatic hydroxyl groups is 1. The molecule has 9 amide bonds. The third kappa shape index (κ3) is 18.6. The average Bonchev–Trinajstić information content (AvgIpc) is 3.70. The predicted molar refractivity (Wildman–Crippen MR) is 313 cm³/mol. The Balaban J connectivity index is 1.26. The zero-order chi connectivity index (χ0) is 62.7. The summed E-state index contributed by atoms with van der Waals surface area (Å²) in [6.07, 6.45) is 2.32. The first kappa shape index (κ1) is 68.5. The van der Waals surface area contributed by atoms with Crippen LogP contribution in [0.1, 0.15) is 109 Å². The molecule has 0 saturated carbocycles. The van der Waals surface area contributed by atoms with Crippen molar-refractivity contribution in [2.24, 2.45) is 23.7 Å². The number of hydrogen-bond donors (Lipinski definition) is 5. The lowest BCUT2D eigenvalue weighted by Crippen LogP contribution is -2.60. The molecule has 11 atom stereocenters. The molecule has 1 fully saturated rings. The molecule has 5 rings (SSSR count). The van der Waals surface area contributed by atoms with Crippen molar-refractivity contribution in [2.75, 3.05) is 73.3 Å². The number of benzene rings is 2. The molecule has 5 N–H and O–H groups in total. The molecule has 3 heterocycles. The van der Waals surface area contributed by atoms with Crippen LogP contribution >= 0.6 is 0 Å². The number of amides is 9. The number of hydrogen-bond acceptors (Lipinski definition) is 16. The molecule has 0 radical (unpaired) electrons. The minimum absolute atomic E-state index is 0.00309. The Kier molecular flexibility index (Phi) is 26.5. The fourth-order valence-electron chi connectivity index (χ4n) is 10.9. The van der Waals surface area contributed by atoms with E-state index in [0.717, 1.165) is 22.0 Å². The lowest BCUT2D eigenvalue weighted by molar-refractivity contribution is -0.148. The largest absolute Gasteiger partial charge is 0.445 e. The Morgan fingerprint density at radius 2 is 1.54 bits per heavy atom. The quantitative estimate of drug-likeness (QED) is 0.0569. The Bertz CT molecular complexity index is 2670. The Labute approximate surface area is 498 Å². The fraction of sp³-hybridized carbons (Fsp3) is 0.590. The summed E-state index contributed by atoms with van der Waals surface area (Å²) in [4.78, 5) is 128. The van der Waals surface area contributed by atoms with Gasteiger partial charge in [0.25, 0.3) is 17.7 Å². The number of carbonyl (C=O) groups excluding carboxylic acids is 9. The van der Waals surface area contributed by atoms with Crippen LogP contribution in [0.3, 0.4) is 0 Å². The summed E-state index contributed by atoms with van der Waals surface area (Å²) in [6, 6.07) is 9.43. The monoisotopic (exact) mass is 1190 g/mol. The highest BCUT2D eigenvalue weighted by Crippen LogP contribution is 2.31. The van der Waals surface area contributed by atoms with Gasteiger partial charge in [0.2, 0.25) is 23.6 Å². The van der Waals surface area contributed by atoms with Gasteiger partial charge in [-0.25, -0.2) is 9.59 Å². The molecule has 1 unspecified atom stereocenters. The first-order valence-electron chi connectivity index (χ1n) is 29.0. The molecular formula is C61H88N8O16. The molecule has 24 nitrogen and oxygen atoms in total. The van der Waals surface area contributed by atoms with Crippen molar-refractivity contribution in [3.63, 3.8) is 0 Å². The van der Waals surface area contributed by atoms with E-state index in [1.54, 1.807) is 77.8 Å². The number of likely N-dealkylation sites (N-methyl/N-ethyl adjacent to an activating group) is 2. The summed E-state index contributed by atoms with van der Waals surface area (Å²) in [5.41, 5.74) is 0.927. The maximum absolute atomic E-state index is 14.8. The van der Waals surface area contributed by atoms with E-state index in [1.165, 1.54) is 44.4 Å². The first-order valence-corrected chi connectivity index (χ1v) is 29.0. The van der Waals surface area contributed by atoms with Gasteiger partial charge in [0, 0.05) is 60.1 Å². The zero-order valence-corrected chi connectivity index (χ0v) is 51.1. The Morgan fingerprint density at radius 1 is 0.847 bits per heavy atom. The number of rotatable bonds is 28. The molecule has 0 spiro atoms. The SMILES string of the molecule is CC[C@H](C)[C@@H]([C@@H](CC(=O)N1CCC[C@H]1[C@H](OC)[C@@H](C)C(=O)N[C@H](C)[C@@H](O)c1ccccc1)OC)N(C)C(=O)[C@H](NC(=O)[C@H](C(C)C)N(C)C(=O)OCc1ccc(NC(=O)OC2/C=C/COCOC2)c(C(=O)NCCN2C(=O)C=CC2=O)c1)C(C)C. The van der Waals surface area contributed by atoms with Crippen molar-refractivity contribution < 1.29 is 76.7 Å². The fourth-order valence-corrected chi connectivity index (χ4v) is 10.9. The van der Waals surface area contributed by atoms with Gasteiger partial charge in [-0.05, 0) is 66.9 Å². The lowest BCUT2D eigenvalue weighted by Gasteiger charge is -2.41. The molecule has 3 aliphatic heterocycles. The maximum Gasteiger partial charge on any atom is 0.412 e. The van der Waals surface area contributed by atoms with Crippen molar-refractivity contribution in [1.82, 2.24) is 35.6 Å². The Morgan fingerprint density at radius 3 is 2.18 bits per heavy atom.